The lowest BCUT2D eigenvalue weighted by Gasteiger charge is -2.16. The van der Waals surface area contributed by atoms with Crippen LogP contribution in [-0.4, -0.2) is 57.8 Å². The zero-order valence-electron chi connectivity index (χ0n) is 19.0. The van der Waals surface area contributed by atoms with Crippen LogP contribution in [0.2, 0.25) is 0 Å². The molecule has 8 nitrogen and oxygen atoms in total. The van der Waals surface area contributed by atoms with Gasteiger partial charge in [0.05, 0.1) is 30.0 Å². The van der Waals surface area contributed by atoms with Gasteiger partial charge in [-0.15, -0.1) is 0 Å². The molecule has 0 radical (unpaired) electrons. The van der Waals surface area contributed by atoms with Gasteiger partial charge in [-0.05, 0) is 56.3 Å². The van der Waals surface area contributed by atoms with Gasteiger partial charge in [-0.3, -0.25) is 4.90 Å². The Kier molecular flexibility index (Phi) is 5.83. The fourth-order valence-electron chi connectivity index (χ4n) is 4.30. The Morgan fingerprint density at radius 2 is 1.85 bits per heavy atom. The average molecular weight is 445 g/mol. The first-order valence-corrected chi connectivity index (χ1v) is 11.2. The van der Waals surface area contributed by atoms with Crippen LogP contribution in [0.5, 0.6) is 11.5 Å². The Bertz CT molecular complexity index is 1280. The number of benzene rings is 2. The van der Waals surface area contributed by atoms with E-state index in [9.17, 15) is 0 Å². The molecule has 1 fully saturated rings. The standard InChI is InChI=1S/C25H28N6O2/c1-30-20-8-4-3-7-18(20)29-25(30)23-24(26)27-16-19(28-23)17-9-10-21(22(15-17)32-2)33-14-13-31-11-5-6-12-31/h3-4,7-10,15-16H,5-6,11-14H2,1-2H3,(H2,26,27). The van der Waals surface area contributed by atoms with Gasteiger partial charge in [0.15, 0.2) is 23.1 Å². The number of hydrogen-bond acceptors (Lipinski definition) is 7. The number of rotatable bonds is 7. The third-order valence-electron chi connectivity index (χ3n) is 6.12. The molecule has 2 aromatic heterocycles. The van der Waals surface area contributed by atoms with Crippen molar-refractivity contribution in [1.82, 2.24) is 24.4 Å². The van der Waals surface area contributed by atoms with Crippen LogP contribution in [0.25, 0.3) is 33.8 Å². The van der Waals surface area contributed by atoms with Crippen LogP contribution in [0.15, 0.2) is 48.7 Å². The topological polar surface area (TPSA) is 91.3 Å². The van der Waals surface area contributed by atoms with E-state index in [-0.39, 0.29) is 0 Å². The number of anilines is 1. The van der Waals surface area contributed by atoms with Crippen molar-refractivity contribution in [3.63, 3.8) is 0 Å². The number of nitrogens with two attached hydrogens (primary N) is 1. The van der Waals surface area contributed by atoms with E-state index < -0.39 is 0 Å². The summed E-state index contributed by atoms with van der Waals surface area (Å²) in [5.41, 5.74) is 10.2. The lowest BCUT2D eigenvalue weighted by Crippen LogP contribution is -2.25. The highest BCUT2D eigenvalue weighted by molar-refractivity contribution is 5.82. The van der Waals surface area contributed by atoms with E-state index in [1.165, 1.54) is 12.8 Å². The summed E-state index contributed by atoms with van der Waals surface area (Å²) in [5, 5.41) is 0. The number of imidazole rings is 1. The lowest BCUT2D eigenvalue weighted by molar-refractivity contribution is 0.230. The molecule has 170 valence electrons. The molecule has 2 N–H and O–H groups in total. The molecule has 0 amide bonds. The summed E-state index contributed by atoms with van der Waals surface area (Å²) in [5.74, 6) is 2.40. The number of fused-ring (bicyclic) bond motifs is 1. The number of hydrogen-bond donors (Lipinski definition) is 1. The molecule has 8 heteroatoms. The summed E-state index contributed by atoms with van der Waals surface area (Å²) in [6.45, 7) is 3.87. The van der Waals surface area contributed by atoms with Crippen LogP contribution in [0, 0.1) is 0 Å². The number of methoxy groups -OCH3 is 1. The van der Waals surface area contributed by atoms with Gasteiger partial charge in [-0.25, -0.2) is 15.0 Å². The minimum absolute atomic E-state index is 0.339. The van der Waals surface area contributed by atoms with Gasteiger partial charge in [0.25, 0.3) is 0 Å². The Balaban J connectivity index is 1.42. The highest BCUT2D eigenvalue weighted by Gasteiger charge is 2.17. The zero-order chi connectivity index (χ0) is 22.8. The second-order valence-corrected chi connectivity index (χ2v) is 8.24. The number of likely N-dealkylation sites (tertiary alicyclic amines) is 1. The minimum atomic E-state index is 0.339. The molecule has 1 aliphatic heterocycles. The SMILES string of the molecule is COc1cc(-c2cnc(N)c(-c3nc4ccccc4n3C)n2)ccc1OCCN1CCCC1. The van der Waals surface area contributed by atoms with Gasteiger partial charge >= 0.3 is 0 Å². The Hall–Kier alpha value is -3.65. The van der Waals surface area contributed by atoms with Crippen molar-refractivity contribution in [2.24, 2.45) is 7.05 Å². The van der Waals surface area contributed by atoms with E-state index in [2.05, 4.69) is 9.88 Å². The minimum Gasteiger partial charge on any atom is -0.493 e. The van der Waals surface area contributed by atoms with E-state index in [1.807, 2.05) is 54.1 Å². The maximum Gasteiger partial charge on any atom is 0.163 e. The predicted molar refractivity (Wildman–Crippen MR) is 129 cm³/mol. The quantitative estimate of drug-likeness (QED) is 0.464. The number of nitrogens with zero attached hydrogens (tertiary/aromatic N) is 5. The van der Waals surface area contributed by atoms with Crippen LogP contribution < -0.4 is 15.2 Å². The molecular weight excluding hydrogens is 416 g/mol. The van der Waals surface area contributed by atoms with E-state index in [0.717, 1.165) is 42.0 Å². The summed E-state index contributed by atoms with van der Waals surface area (Å²) in [4.78, 5) is 16.4. The number of aryl methyl sites for hydroxylation is 1. The van der Waals surface area contributed by atoms with Crippen molar-refractivity contribution in [3.05, 3.63) is 48.7 Å². The number of aromatic nitrogens is 4. The highest BCUT2D eigenvalue weighted by atomic mass is 16.5. The van der Waals surface area contributed by atoms with Crippen LogP contribution in [-0.2, 0) is 7.05 Å². The molecule has 0 saturated carbocycles. The third-order valence-corrected chi connectivity index (χ3v) is 6.12. The van der Waals surface area contributed by atoms with Crippen molar-refractivity contribution in [3.8, 4) is 34.3 Å². The summed E-state index contributed by atoms with van der Waals surface area (Å²) in [6, 6.07) is 13.7. The van der Waals surface area contributed by atoms with Crippen molar-refractivity contribution in [1.29, 1.82) is 0 Å². The van der Waals surface area contributed by atoms with Crippen LogP contribution in [0.3, 0.4) is 0 Å². The molecule has 0 bridgehead atoms. The Morgan fingerprint density at radius 3 is 2.64 bits per heavy atom. The molecule has 5 rings (SSSR count). The van der Waals surface area contributed by atoms with Gasteiger partial charge in [0, 0.05) is 19.2 Å². The molecule has 0 unspecified atom stereocenters. The second-order valence-electron chi connectivity index (χ2n) is 8.24. The first kappa shape index (κ1) is 21.2. The van der Waals surface area contributed by atoms with Crippen molar-refractivity contribution >= 4 is 16.9 Å². The van der Waals surface area contributed by atoms with E-state index >= 15 is 0 Å². The molecule has 4 aromatic rings. The summed E-state index contributed by atoms with van der Waals surface area (Å²) in [6.07, 6.45) is 4.22. The average Bonchev–Trinajstić information content (AvgIpc) is 3.48. The molecule has 1 saturated heterocycles. The Labute approximate surface area is 193 Å². The molecule has 0 spiro atoms. The third kappa shape index (κ3) is 4.21. The lowest BCUT2D eigenvalue weighted by atomic mass is 10.1. The maximum atomic E-state index is 6.20. The normalized spacial score (nSPS) is 14.1. The largest absolute Gasteiger partial charge is 0.493 e. The van der Waals surface area contributed by atoms with Crippen LogP contribution >= 0.6 is 0 Å². The molecule has 33 heavy (non-hydrogen) atoms. The van der Waals surface area contributed by atoms with E-state index in [0.29, 0.717) is 35.4 Å². The highest BCUT2D eigenvalue weighted by Crippen LogP contribution is 2.33. The van der Waals surface area contributed by atoms with Gasteiger partial charge in [-0.1, -0.05) is 12.1 Å². The summed E-state index contributed by atoms with van der Waals surface area (Å²) >= 11 is 0. The van der Waals surface area contributed by atoms with Gasteiger partial charge in [-0.2, -0.15) is 0 Å². The first-order valence-electron chi connectivity index (χ1n) is 11.2. The monoisotopic (exact) mass is 444 g/mol. The fourth-order valence-corrected chi connectivity index (χ4v) is 4.30. The van der Waals surface area contributed by atoms with Crippen molar-refractivity contribution in [2.45, 2.75) is 12.8 Å². The maximum absolute atomic E-state index is 6.20. The summed E-state index contributed by atoms with van der Waals surface area (Å²) in [7, 11) is 3.60. The number of ether oxygens (including phenoxy) is 2. The molecule has 3 heterocycles. The summed E-state index contributed by atoms with van der Waals surface area (Å²) < 4.78 is 13.6. The first-order chi connectivity index (χ1) is 16.1. The molecule has 0 atom stereocenters. The van der Waals surface area contributed by atoms with Crippen molar-refractivity contribution in [2.75, 3.05) is 39.1 Å². The van der Waals surface area contributed by atoms with E-state index in [1.54, 1.807) is 13.3 Å². The smallest absolute Gasteiger partial charge is 0.163 e. The van der Waals surface area contributed by atoms with Gasteiger partial charge in [0.2, 0.25) is 0 Å². The Morgan fingerprint density at radius 1 is 1.03 bits per heavy atom. The second kappa shape index (κ2) is 9.07. The molecule has 2 aromatic carbocycles. The van der Waals surface area contributed by atoms with Gasteiger partial charge < -0.3 is 19.8 Å². The predicted octanol–water partition coefficient (Wildman–Crippen LogP) is 3.76. The molecule has 0 aliphatic carbocycles. The molecular formula is C25H28N6O2. The van der Waals surface area contributed by atoms with Crippen LogP contribution in [0.4, 0.5) is 5.82 Å². The molecule has 1 aliphatic rings. The number of para-hydroxylation sites is 2. The number of nitrogen functional groups attached to an aromatic ring is 1. The van der Waals surface area contributed by atoms with Crippen molar-refractivity contribution < 1.29 is 9.47 Å². The van der Waals surface area contributed by atoms with Crippen LogP contribution in [0.1, 0.15) is 12.8 Å². The van der Waals surface area contributed by atoms with Gasteiger partial charge in [0.1, 0.15) is 12.3 Å². The fraction of sp³-hybridized carbons (Fsp3) is 0.320. The zero-order valence-corrected chi connectivity index (χ0v) is 19.0. The van der Waals surface area contributed by atoms with E-state index in [4.69, 9.17) is 25.2 Å².